The summed E-state index contributed by atoms with van der Waals surface area (Å²) in [5.41, 5.74) is -0.0934. The molecule has 1 saturated carbocycles. The van der Waals surface area contributed by atoms with Crippen LogP contribution in [0.15, 0.2) is 23.6 Å². The summed E-state index contributed by atoms with van der Waals surface area (Å²) in [5.74, 6) is 0.632. The summed E-state index contributed by atoms with van der Waals surface area (Å²) in [6.45, 7) is 2.20. The summed E-state index contributed by atoms with van der Waals surface area (Å²) in [5, 5.41) is 4.25. The van der Waals surface area contributed by atoms with E-state index in [1.807, 2.05) is 4.90 Å². The number of fused-ring (bicyclic) bond motifs is 2. The largest absolute Gasteiger partial charge is 0.434 e. The number of alkyl halides is 3. The maximum atomic E-state index is 12.8. The van der Waals surface area contributed by atoms with Crippen LogP contribution in [0.3, 0.4) is 0 Å². The Morgan fingerprint density at radius 1 is 1.30 bits per heavy atom. The predicted octanol–water partition coefficient (Wildman–Crippen LogP) is 5.89. The molecule has 9 heteroatoms. The number of nitrogens with zero attached hydrogens (tertiary/aromatic N) is 2. The van der Waals surface area contributed by atoms with Crippen molar-refractivity contribution in [3.8, 4) is 10.6 Å². The summed E-state index contributed by atoms with van der Waals surface area (Å²) < 4.78 is 38.4. The van der Waals surface area contributed by atoms with Crippen molar-refractivity contribution >= 4 is 34.7 Å². The maximum absolute atomic E-state index is 12.8. The summed E-state index contributed by atoms with van der Waals surface area (Å²) in [4.78, 5) is 18.1. The average Bonchev–Trinajstić information content (AvgIpc) is 3.06. The normalized spacial score (nSPS) is 24.5. The van der Waals surface area contributed by atoms with Crippen molar-refractivity contribution in [3.05, 3.63) is 34.3 Å². The van der Waals surface area contributed by atoms with Gasteiger partial charge in [-0.1, -0.05) is 18.5 Å². The van der Waals surface area contributed by atoms with Crippen LogP contribution in [0.25, 0.3) is 10.6 Å². The first kappa shape index (κ1) is 18.6. The SMILES string of the molecule is CC1C[C@@H]2C[C@H](C1)N2C(=O)Nc1ccc(Cl)c(-c2nc(C(F)(F)F)cs2)c1. The Bertz CT molecular complexity index is 873. The highest BCUT2D eigenvalue weighted by Gasteiger charge is 2.46. The van der Waals surface area contributed by atoms with Crippen molar-refractivity contribution in [2.75, 3.05) is 5.32 Å². The number of urea groups is 1. The van der Waals surface area contributed by atoms with Crippen molar-refractivity contribution in [3.63, 3.8) is 0 Å². The Morgan fingerprint density at radius 2 is 2.00 bits per heavy atom. The molecule has 1 aromatic heterocycles. The van der Waals surface area contributed by atoms with Crippen LogP contribution >= 0.6 is 22.9 Å². The Balaban J connectivity index is 1.53. The average molecular weight is 416 g/mol. The molecule has 2 bridgehead atoms. The van der Waals surface area contributed by atoms with E-state index in [0.29, 0.717) is 17.2 Å². The van der Waals surface area contributed by atoms with Gasteiger partial charge in [-0.2, -0.15) is 13.2 Å². The van der Waals surface area contributed by atoms with Gasteiger partial charge in [0, 0.05) is 28.7 Å². The van der Waals surface area contributed by atoms with Crippen LogP contribution in [-0.4, -0.2) is 28.0 Å². The van der Waals surface area contributed by atoms with Crippen LogP contribution < -0.4 is 5.32 Å². The fourth-order valence-electron chi connectivity index (χ4n) is 3.96. The van der Waals surface area contributed by atoms with Gasteiger partial charge in [-0.3, -0.25) is 0 Å². The molecule has 1 aliphatic carbocycles. The van der Waals surface area contributed by atoms with Gasteiger partial charge < -0.3 is 10.2 Å². The first-order valence-electron chi connectivity index (χ1n) is 8.64. The van der Waals surface area contributed by atoms with Gasteiger partial charge in [-0.15, -0.1) is 11.3 Å². The first-order chi connectivity index (χ1) is 12.7. The first-order valence-corrected chi connectivity index (χ1v) is 9.90. The molecular weight excluding hydrogens is 399 g/mol. The van der Waals surface area contributed by atoms with Crippen molar-refractivity contribution in [2.24, 2.45) is 5.92 Å². The van der Waals surface area contributed by atoms with Crippen molar-refractivity contribution in [2.45, 2.75) is 44.4 Å². The molecule has 1 unspecified atom stereocenters. The summed E-state index contributed by atoms with van der Waals surface area (Å²) >= 11 is 7.02. The second-order valence-corrected chi connectivity index (χ2v) is 8.45. The lowest BCUT2D eigenvalue weighted by atomic mass is 9.74. The number of halogens is 4. The Labute approximate surface area is 163 Å². The molecule has 3 atom stereocenters. The van der Waals surface area contributed by atoms with Crippen LogP contribution in [0.1, 0.15) is 31.9 Å². The lowest BCUT2D eigenvalue weighted by Crippen LogP contribution is -2.63. The third-order valence-corrected chi connectivity index (χ3v) is 6.36. The van der Waals surface area contributed by atoms with Crippen LogP contribution in [0.5, 0.6) is 0 Å². The van der Waals surface area contributed by atoms with Gasteiger partial charge in [-0.05, 0) is 43.4 Å². The zero-order valence-electron chi connectivity index (χ0n) is 14.4. The molecule has 2 amide bonds. The number of benzene rings is 1. The van der Waals surface area contributed by atoms with Crippen LogP contribution in [0.4, 0.5) is 23.7 Å². The summed E-state index contributed by atoms with van der Waals surface area (Å²) in [6, 6.07) is 5.14. The van der Waals surface area contributed by atoms with E-state index in [9.17, 15) is 18.0 Å². The third kappa shape index (κ3) is 3.52. The maximum Gasteiger partial charge on any atom is 0.434 e. The van der Waals surface area contributed by atoms with Crippen LogP contribution in [0.2, 0.25) is 5.02 Å². The predicted molar refractivity (Wildman–Crippen MR) is 99.0 cm³/mol. The highest BCUT2D eigenvalue weighted by atomic mass is 35.5. The van der Waals surface area contributed by atoms with Crippen molar-refractivity contribution < 1.29 is 18.0 Å². The van der Waals surface area contributed by atoms with Gasteiger partial charge in [0.2, 0.25) is 0 Å². The minimum atomic E-state index is -4.50. The monoisotopic (exact) mass is 415 g/mol. The number of nitrogens with one attached hydrogen (secondary N) is 1. The highest BCUT2D eigenvalue weighted by Crippen LogP contribution is 2.42. The molecule has 3 aliphatic rings. The number of hydrogen-bond donors (Lipinski definition) is 1. The van der Waals surface area contributed by atoms with Crippen molar-refractivity contribution in [1.82, 2.24) is 9.88 Å². The van der Waals surface area contributed by atoms with Gasteiger partial charge >= 0.3 is 12.2 Å². The van der Waals surface area contributed by atoms with E-state index >= 15 is 0 Å². The number of piperidine rings is 1. The fraction of sp³-hybridized carbons (Fsp3) is 0.444. The topological polar surface area (TPSA) is 45.2 Å². The smallest absolute Gasteiger partial charge is 0.318 e. The zero-order valence-corrected chi connectivity index (χ0v) is 16.0. The van der Waals surface area contributed by atoms with Gasteiger partial charge in [0.05, 0.1) is 5.02 Å². The molecule has 2 saturated heterocycles. The Hall–Kier alpha value is -1.80. The standard InChI is InChI=1S/C18H17ClF3N3OS/c1-9-4-11-7-12(5-9)25(11)17(26)23-10-2-3-14(19)13(6-10)16-24-15(8-27-16)18(20,21)22/h2-3,6,8-9,11-12H,4-5,7H2,1H3,(H,23,26)/t9?,11-,12+. The Kier molecular flexibility index (Phi) is 4.58. The molecule has 3 heterocycles. The number of thiazole rings is 1. The van der Waals surface area contributed by atoms with E-state index in [0.717, 1.165) is 36.0 Å². The van der Waals surface area contributed by atoms with E-state index in [1.54, 1.807) is 18.2 Å². The minimum absolute atomic E-state index is 0.165. The van der Waals surface area contributed by atoms with Gasteiger partial charge in [0.25, 0.3) is 0 Å². The summed E-state index contributed by atoms with van der Waals surface area (Å²) in [7, 11) is 0. The molecule has 2 aromatic rings. The molecule has 4 nitrogen and oxygen atoms in total. The number of rotatable bonds is 2. The third-order valence-electron chi connectivity index (χ3n) is 5.16. The number of carbonyl (C=O) groups excluding carboxylic acids is 1. The van der Waals surface area contributed by atoms with E-state index in [-0.39, 0.29) is 28.1 Å². The molecule has 0 radical (unpaired) electrons. The second kappa shape index (κ2) is 6.67. The zero-order chi connectivity index (χ0) is 19.3. The Morgan fingerprint density at radius 3 is 2.63 bits per heavy atom. The molecule has 3 fully saturated rings. The van der Waals surface area contributed by atoms with E-state index in [2.05, 4.69) is 17.2 Å². The molecule has 5 rings (SSSR count). The number of hydrogen-bond acceptors (Lipinski definition) is 3. The van der Waals surface area contributed by atoms with E-state index in [4.69, 9.17) is 11.6 Å². The summed E-state index contributed by atoms with van der Waals surface area (Å²) in [6.07, 6.45) is -1.44. The highest BCUT2D eigenvalue weighted by molar-refractivity contribution is 7.13. The van der Waals surface area contributed by atoms with Gasteiger partial charge in [0.1, 0.15) is 5.01 Å². The van der Waals surface area contributed by atoms with Gasteiger partial charge in [-0.25, -0.2) is 9.78 Å². The van der Waals surface area contributed by atoms with Crippen LogP contribution in [-0.2, 0) is 6.18 Å². The number of aromatic nitrogens is 1. The minimum Gasteiger partial charge on any atom is -0.318 e. The molecule has 1 aromatic carbocycles. The molecule has 2 aliphatic heterocycles. The number of anilines is 1. The lowest BCUT2D eigenvalue weighted by Gasteiger charge is -2.54. The molecule has 0 spiro atoms. The van der Waals surface area contributed by atoms with Crippen LogP contribution in [0, 0.1) is 5.92 Å². The van der Waals surface area contributed by atoms with E-state index in [1.165, 1.54) is 0 Å². The molecule has 144 valence electrons. The lowest BCUT2D eigenvalue weighted by molar-refractivity contribution is -0.140. The number of amides is 2. The number of carbonyl (C=O) groups is 1. The molecule has 1 N–H and O–H groups in total. The molecule has 27 heavy (non-hydrogen) atoms. The molecular formula is C18H17ClF3N3OS. The fourth-order valence-corrected chi connectivity index (χ4v) is 5.08. The van der Waals surface area contributed by atoms with E-state index < -0.39 is 11.9 Å². The van der Waals surface area contributed by atoms with Gasteiger partial charge in [0.15, 0.2) is 5.69 Å². The quantitative estimate of drug-likeness (QED) is 0.665. The second-order valence-electron chi connectivity index (χ2n) is 7.19. The van der Waals surface area contributed by atoms with Crippen molar-refractivity contribution in [1.29, 1.82) is 0 Å².